The number of carbonyl (C=O) groups excluding carboxylic acids is 4. The molecule has 0 aliphatic heterocycles. The number of allylic oxidation sites excluding steroid dienone is 2. The minimum atomic E-state index is -1.02. The van der Waals surface area contributed by atoms with Crippen LogP contribution in [-0.2, 0) is 28.7 Å². The van der Waals surface area contributed by atoms with Gasteiger partial charge < -0.3 is 29.2 Å². The van der Waals surface area contributed by atoms with Crippen molar-refractivity contribution in [3.05, 3.63) is 98.1 Å². The van der Waals surface area contributed by atoms with Gasteiger partial charge in [-0.15, -0.1) is 0 Å². The van der Waals surface area contributed by atoms with E-state index >= 15 is 0 Å². The molecule has 0 saturated carbocycles. The second-order valence-electron chi connectivity index (χ2n) is 9.23. The Labute approximate surface area is 244 Å². The van der Waals surface area contributed by atoms with Crippen molar-refractivity contribution >= 4 is 23.5 Å². The summed E-state index contributed by atoms with van der Waals surface area (Å²) in [7, 11) is 0. The summed E-state index contributed by atoms with van der Waals surface area (Å²) >= 11 is 0. The predicted octanol–water partition coefficient (Wildman–Crippen LogP) is 3.03. The third-order valence-corrected chi connectivity index (χ3v) is 5.90. The van der Waals surface area contributed by atoms with E-state index in [2.05, 4.69) is 13.2 Å². The van der Waals surface area contributed by atoms with Crippen LogP contribution in [0.3, 0.4) is 0 Å². The second kappa shape index (κ2) is 18.7. The maximum absolute atomic E-state index is 12.2. The number of hydrogen-bond acceptors (Lipinski definition) is 10. The average molecular weight is 581 g/mol. The molecule has 2 aromatic carbocycles. The minimum absolute atomic E-state index is 0.0440. The highest BCUT2D eigenvalue weighted by molar-refractivity contribution is 5.94. The quantitative estimate of drug-likeness (QED) is 0.177. The van der Waals surface area contributed by atoms with E-state index in [0.717, 1.165) is 24.3 Å². The molecule has 42 heavy (non-hydrogen) atoms. The van der Waals surface area contributed by atoms with Crippen molar-refractivity contribution in [2.45, 2.75) is 25.0 Å². The summed E-state index contributed by atoms with van der Waals surface area (Å²) in [5.74, 6) is -3.33. The first-order valence-electron chi connectivity index (χ1n) is 13.3. The van der Waals surface area contributed by atoms with E-state index in [-0.39, 0.29) is 39.3 Å². The van der Waals surface area contributed by atoms with Crippen LogP contribution in [-0.4, -0.2) is 72.4 Å². The van der Waals surface area contributed by atoms with Crippen molar-refractivity contribution in [2.75, 3.05) is 26.4 Å². The van der Waals surface area contributed by atoms with Crippen LogP contribution in [0.2, 0.25) is 0 Å². The van der Waals surface area contributed by atoms with E-state index in [9.17, 15) is 29.4 Å². The molecule has 0 heterocycles. The Morgan fingerprint density at radius 3 is 1.31 bits per heavy atom. The number of aliphatic hydroxyl groups excluding tert-OH is 2. The fourth-order valence-electron chi connectivity index (χ4n) is 3.67. The smallest absolute Gasteiger partial charge is 0.331 e. The second-order valence-corrected chi connectivity index (χ2v) is 9.23. The lowest BCUT2D eigenvalue weighted by Gasteiger charge is -2.18. The zero-order chi connectivity index (χ0) is 30.7. The van der Waals surface area contributed by atoms with E-state index in [1.54, 1.807) is 48.5 Å². The van der Waals surface area contributed by atoms with Gasteiger partial charge in [0.25, 0.3) is 0 Å². The molecule has 0 aromatic heterocycles. The number of aliphatic hydroxyl groups is 2. The van der Waals surface area contributed by atoms with Gasteiger partial charge in [0.1, 0.15) is 37.9 Å². The standard InChI is InChI=1S/C32H36O10/c1-3-29(35)23(17-25(33)21-39-27-11-7-5-8-12-27)19-41-31(37)15-16-32(38)42-20-24(30(36)4-2)18-26(34)22-40-28-13-9-6-10-14-28/h3-16,23-26,33-34H,1-2,17-22H2/b16-15+. The molecule has 10 nitrogen and oxygen atoms in total. The molecule has 4 unspecified atom stereocenters. The van der Waals surface area contributed by atoms with Gasteiger partial charge in [-0.05, 0) is 49.3 Å². The Morgan fingerprint density at radius 1 is 0.619 bits per heavy atom. The van der Waals surface area contributed by atoms with Crippen LogP contribution < -0.4 is 9.47 Å². The van der Waals surface area contributed by atoms with Gasteiger partial charge in [0.2, 0.25) is 0 Å². The van der Waals surface area contributed by atoms with Gasteiger partial charge in [0.15, 0.2) is 11.6 Å². The molecule has 2 rings (SSSR count). The molecule has 0 amide bonds. The summed E-state index contributed by atoms with van der Waals surface area (Å²) in [5.41, 5.74) is 0. The molecule has 0 radical (unpaired) electrons. The maximum Gasteiger partial charge on any atom is 0.331 e. The molecule has 2 aromatic rings. The number of ketones is 2. The molecule has 0 fully saturated rings. The molecule has 0 bridgehead atoms. The SMILES string of the molecule is C=CC(=O)C(COC(=O)/C=C/C(=O)OCC(CC(O)COc1ccccc1)C(=O)C=C)CC(O)COc1ccccc1. The van der Waals surface area contributed by atoms with Crippen molar-refractivity contribution < 1.29 is 48.3 Å². The Balaban J connectivity index is 1.79. The first-order chi connectivity index (χ1) is 20.2. The van der Waals surface area contributed by atoms with Gasteiger partial charge in [-0.25, -0.2) is 9.59 Å². The van der Waals surface area contributed by atoms with E-state index in [1.807, 2.05) is 12.1 Å². The van der Waals surface area contributed by atoms with Crippen LogP contribution in [0.5, 0.6) is 11.5 Å². The van der Waals surface area contributed by atoms with E-state index in [0.29, 0.717) is 11.5 Å². The Morgan fingerprint density at radius 2 is 0.976 bits per heavy atom. The van der Waals surface area contributed by atoms with Crippen LogP contribution >= 0.6 is 0 Å². The largest absolute Gasteiger partial charge is 0.491 e. The number of rotatable bonds is 20. The van der Waals surface area contributed by atoms with Gasteiger partial charge in [-0.1, -0.05) is 49.6 Å². The molecule has 0 aliphatic carbocycles. The van der Waals surface area contributed by atoms with Crippen molar-refractivity contribution in [1.29, 1.82) is 0 Å². The predicted molar refractivity (Wildman–Crippen MR) is 154 cm³/mol. The normalized spacial score (nSPS) is 13.7. The third kappa shape index (κ3) is 13.2. The molecule has 0 aliphatic rings. The Hall–Kier alpha value is -4.54. The highest BCUT2D eigenvalue weighted by atomic mass is 16.5. The number of carbonyl (C=O) groups is 4. The topological polar surface area (TPSA) is 146 Å². The summed E-state index contributed by atoms with van der Waals surface area (Å²) in [5, 5.41) is 20.6. The number of benzene rings is 2. The number of ether oxygens (including phenoxy) is 4. The lowest BCUT2D eigenvalue weighted by Crippen LogP contribution is -2.28. The van der Waals surface area contributed by atoms with E-state index in [4.69, 9.17) is 18.9 Å². The van der Waals surface area contributed by atoms with Crippen molar-refractivity contribution in [1.82, 2.24) is 0 Å². The summed E-state index contributed by atoms with van der Waals surface area (Å²) in [6.07, 6.45) is 1.66. The van der Waals surface area contributed by atoms with Gasteiger partial charge in [0.05, 0.1) is 24.0 Å². The molecular formula is C32H36O10. The highest BCUT2D eigenvalue weighted by Gasteiger charge is 2.23. The van der Waals surface area contributed by atoms with E-state index < -0.39 is 47.5 Å². The van der Waals surface area contributed by atoms with Crippen LogP contribution in [0.15, 0.2) is 98.1 Å². The Kier molecular flexibility index (Phi) is 15.0. The summed E-state index contributed by atoms with van der Waals surface area (Å²) in [6, 6.07) is 17.7. The van der Waals surface area contributed by atoms with Gasteiger partial charge in [-0.3, -0.25) is 9.59 Å². The van der Waals surface area contributed by atoms with Gasteiger partial charge in [0, 0.05) is 12.2 Å². The molecule has 0 saturated heterocycles. The number of para-hydroxylation sites is 2. The van der Waals surface area contributed by atoms with Crippen molar-refractivity contribution in [3.8, 4) is 11.5 Å². The van der Waals surface area contributed by atoms with Gasteiger partial charge >= 0.3 is 11.9 Å². The lowest BCUT2D eigenvalue weighted by atomic mass is 9.98. The third-order valence-electron chi connectivity index (χ3n) is 5.90. The average Bonchev–Trinajstić information content (AvgIpc) is 3.02. The molecule has 10 heteroatoms. The molecule has 224 valence electrons. The highest BCUT2D eigenvalue weighted by Crippen LogP contribution is 2.15. The summed E-state index contributed by atoms with van der Waals surface area (Å²) in [4.78, 5) is 48.7. The first kappa shape index (κ1) is 33.7. The lowest BCUT2D eigenvalue weighted by molar-refractivity contribution is -0.143. The van der Waals surface area contributed by atoms with E-state index in [1.165, 1.54) is 0 Å². The molecule has 0 spiro atoms. The minimum Gasteiger partial charge on any atom is -0.491 e. The van der Waals surface area contributed by atoms with Crippen molar-refractivity contribution in [3.63, 3.8) is 0 Å². The summed E-state index contributed by atoms with van der Waals surface area (Å²) < 4.78 is 21.1. The van der Waals surface area contributed by atoms with Crippen LogP contribution in [0, 0.1) is 11.8 Å². The van der Waals surface area contributed by atoms with Crippen LogP contribution in [0.4, 0.5) is 0 Å². The zero-order valence-corrected chi connectivity index (χ0v) is 23.2. The summed E-state index contributed by atoms with van der Waals surface area (Å²) in [6.45, 7) is 6.01. The Bertz CT molecular complexity index is 1100. The van der Waals surface area contributed by atoms with Crippen molar-refractivity contribution in [2.24, 2.45) is 11.8 Å². The van der Waals surface area contributed by atoms with Crippen LogP contribution in [0.1, 0.15) is 12.8 Å². The first-order valence-corrected chi connectivity index (χ1v) is 13.3. The zero-order valence-electron chi connectivity index (χ0n) is 23.2. The van der Waals surface area contributed by atoms with Gasteiger partial charge in [-0.2, -0.15) is 0 Å². The maximum atomic E-state index is 12.2. The number of esters is 2. The molecule has 4 atom stereocenters. The van der Waals surface area contributed by atoms with Crippen LogP contribution in [0.25, 0.3) is 0 Å². The molecular weight excluding hydrogens is 544 g/mol. The number of hydrogen-bond donors (Lipinski definition) is 2. The monoisotopic (exact) mass is 580 g/mol. The molecule has 2 N–H and O–H groups in total. The fourth-order valence-corrected chi connectivity index (χ4v) is 3.67. The fraction of sp³-hybridized carbons (Fsp3) is 0.312.